The molecule has 2 heterocycles. The Bertz CT molecular complexity index is 841. The van der Waals surface area contributed by atoms with Crippen molar-refractivity contribution in [2.45, 2.75) is 25.9 Å². The van der Waals surface area contributed by atoms with Crippen molar-refractivity contribution in [2.75, 3.05) is 6.54 Å². The molecule has 0 fully saturated rings. The van der Waals surface area contributed by atoms with Crippen LogP contribution in [0.4, 0.5) is 0 Å². The van der Waals surface area contributed by atoms with Crippen molar-refractivity contribution >= 4 is 15.9 Å². The molecule has 0 radical (unpaired) electrons. The summed E-state index contributed by atoms with van der Waals surface area (Å²) in [4.78, 5) is 0. The second kappa shape index (κ2) is 6.83. The maximum Gasteiger partial charge on any atom is 0.156 e. The van der Waals surface area contributed by atoms with Crippen LogP contribution in [0.5, 0.6) is 0 Å². The van der Waals surface area contributed by atoms with Crippen molar-refractivity contribution in [1.82, 2.24) is 25.5 Å². The molecule has 1 aliphatic rings. The van der Waals surface area contributed by atoms with E-state index in [0.29, 0.717) is 0 Å². The molecule has 4 rings (SSSR count). The first-order valence-electron chi connectivity index (χ1n) is 8.09. The minimum absolute atomic E-state index is 0.724. The maximum absolute atomic E-state index is 4.22. The predicted octanol–water partition coefficient (Wildman–Crippen LogP) is 2.72. The number of halogens is 1. The number of hydrogen-bond acceptors (Lipinski definition) is 4. The Morgan fingerprint density at radius 1 is 1.12 bits per heavy atom. The van der Waals surface area contributed by atoms with Gasteiger partial charge in [-0.3, -0.25) is 0 Å². The van der Waals surface area contributed by atoms with Crippen molar-refractivity contribution in [2.24, 2.45) is 0 Å². The number of benzene rings is 2. The van der Waals surface area contributed by atoms with E-state index in [1.54, 1.807) is 0 Å². The van der Waals surface area contributed by atoms with Gasteiger partial charge in [0.15, 0.2) is 5.82 Å². The number of nitrogens with one attached hydrogen (secondary N) is 1. The van der Waals surface area contributed by atoms with Gasteiger partial charge in [0, 0.05) is 17.4 Å². The predicted molar refractivity (Wildman–Crippen MR) is 95.7 cm³/mol. The van der Waals surface area contributed by atoms with Gasteiger partial charge < -0.3 is 5.32 Å². The summed E-state index contributed by atoms with van der Waals surface area (Å²) < 4.78 is 3.00. The van der Waals surface area contributed by atoms with Crippen molar-refractivity contribution < 1.29 is 0 Å². The average Bonchev–Trinajstić information content (AvgIpc) is 3.04. The molecule has 24 heavy (non-hydrogen) atoms. The lowest BCUT2D eigenvalue weighted by molar-refractivity contribution is 0.602. The Morgan fingerprint density at radius 2 is 2.00 bits per heavy atom. The van der Waals surface area contributed by atoms with Crippen LogP contribution in [0.1, 0.15) is 28.1 Å². The Labute approximate surface area is 149 Å². The summed E-state index contributed by atoms with van der Waals surface area (Å²) in [5.41, 5.74) is 5.36. The molecule has 5 nitrogen and oxygen atoms in total. The molecule has 0 aliphatic carbocycles. The number of fused-ring (bicyclic) bond motifs is 1. The summed E-state index contributed by atoms with van der Waals surface area (Å²) in [7, 11) is 0. The third-order valence-corrected chi connectivity index (χ3v) is 4.97. The van der Waals surface area contributed by atoms with E-state index in [2.05, 4.69) is 67.1 Å². The molecule has 2 aromatic carbocycles. The lowest BCUT2D eigenvalue weighted by atomic mass is 9.95. The van der Waals surface area contributed by atoms with Crippen LogP contribution in [0.15, 0.2) is 46.9 Å². The molecule has 122 valence electrons. The van der Waals surface area contributed by atoms with Crippen molar-refractivity contribution in [3.8, 4) is 0 Å². The minimum atomic E-state index is 0.724. The highest BCUT2D eigenvalue weighted by atomic mass is 79.9. The molecule has 6 heteroatoms. The molecule has 1 aromatic heterocycles. The normalized spacial score (nSPS) is 13.7. The van der Waals surface area contributed by atoms with Gasteiger partial charge in [-0.2, -0.15) is 0 Å². The summed E-state index contributed by atoms with van der Waals surface area (Å²) in [6.07, 6.45) is 1.80. The first-order valence-corrected chi connectivity index (χ1v) is 8.89. The van der Waals surface area contributed by atoms with Gasteiger partial charge in [-0.15, -0.1) is 5.10 Å². The molecule has 3 aromatic rings. The fourth-order valence-electron chi connectivity index (χ4n) is 3.18. The zero-order valence-electron chi connectivity index (χ0n) is 13.2. The van der Waals surface area contributed by atoms with Crippen LogP contribution in [0.25, 0.3) is 0 Å². The van der Waals surface area contributed by atoms with Crippen LogP contribution in [0.2, 0.25) is 0 Å². The van der Waals surface area contributed by atoms with E-state index in [1.165, 1.54) is 22.3 Å². The smallest absolute Gasteiger partial charge is 0.156 e. The van der Waals surface area contributed by atoms with Gasteiger partial charge in [-0.25, -0.2) is 4.68 Å². The van der Waals surface area contributed by atoms with Crippen LogP contribution in [-0.4, -0.2) is 26.8 Å². The first-order chi connectivity index (χ1) is 11.8. The van der Waals surface area contributed by atoms with E-state index in [-0.39, 0.29) is 0 Å². The average molecular weight is 384 g/mol. The largest absolute Gasteiger partial charge is 0.312 e. The van der Waals surface area contributed by atoms with Crippen molar-refractivity contribution in [3.63, 3.8) is 0 Å². The van der Waals surface area contributed by atoms with E-state index in [4.69, 9.17) is 0 Å². The van der Waals surface area contributed by atoms with Gasteiger partial charge in [0.1, 0.15) is 0 Å². The van der Waals surface area contributed by atoms with Crippen LogP contribution in [0, 0.1) is 0 Å². The number of tetrazole rings is 1. The summed E-state index contributed by atoms with van der Waals surface area (Å²) in [5, 5.41) is 15.7. The van der Waals surface area contributed by atoms with Gasteiger partial charge in [-0.1, -0.05) is 46.3 Å². The van der Waals surface area contributed by atoms with Gasteiger partial charge in [0.2, 0.25) is 0 Å². The minimum Gasteiger partial charge on any atom is -0.312 e. The Hall–Kier alpha value is -2.05. The Morgan fingerprint density at radius 3 is 2.88 bits per heavy atom. The van der Waals surface area contributed by atoms with Gasteiger partial charge >= 0.3 is 0 Å². The van der Waals surface area contributed by atoms with Crippen molar-refractivity contribution in [1.29, 1.82) is 0 Å². The number of rotatable bonds is 4. The van der Waals surface area contributed by atoms with Crippen molar-refractivity contribution in [3.05, 3.63) is 75.0 Å². The Balaban J connectivity index is 1.58. The summed E-state index contributed by atoms with van der Waals surface area (Å²) in [6, 6.07) is 14.8. The Kier molecular flexibility index (Phi) is 4.40. The summed E-state index contributed by atoms with van der Waals surface area (Å²) >= 11 is 3.47. The molecule has 1 N–H and O–H groups in total. The van der Waals surface area contributed by atoms with E-state index < -0.39 is 0 Å². The summed E-state index contributed by atoms with van der Waals surface area (Å²) in [5.74, 6) is 0.892. The topological polar surface area (TPSA) is 55.6 Å². The van der Waals surface area contributed by atoms with Crippen LogP contribution < -0.4 is 5.32 Å². The third-order valence-electron chi connectivity index (χ3n) is 4.44. The molecular formula is C18H18BrN5. The molecule has 0 atom stereocenters. The number of hydrogen-bond donors (Lipinski definition) is 1. The molecule has 0 saturated heterocycles. The van der Waals surface area contributed by atoms with E-state index in [1.807, 2.05) is 16.8 Å². The second-order valence-electron chi connectivity index (χ2n) is 6.04. The zero-order chi connectivity index (χ0) is 16.4. The highest BCUT2D eigenvalue weighted by molar-refractivity contribution is 9.10. The SMILES string of the molecule is Brc1ccc(Cc2nnnn2Cc2cccc3c2CCNC3)cc1. The third kappa shape index (κ3) is 3.25. The monoisotopic (exact) mass is 383 g/mol. The number of aromatic nitrogens is 4. The van der Waals surface area contributed by atoms with Gasteiger partial charge in [0.05, 0.1) is 6.54 Å². The van der Waals surface area contributed by atoms with Crippen LogP contribution in [-0.2, 0) is 25.9 Å². The van der Waals surface area contributed by atoms with Gasteiger partial charge in [0.25, 0.3) is 0 Å². The molecule has 0 spiro atoms. The fraction of sp³-hybridized carbons (Fsp3) is 0.278. The molecule has 0 saturated carbocycles. The lowest BCUT2D eigenvalue weighted by Crippen LogP contribution is -2.25. The van der Waals surface area contributed by atoms with Gasteiger partial charge in [-0.05, 0) is 57.8 Å². The highest BCUT2D eigenvalue weighted by Gasteiger charge is 2.15. The van der Waals surface area contributed by atoms with E-state index >= 15 is 0 Å². The van der Waals surface area contributed by atoms with E-state index in [0.717, 1.165) is 42.8 Å². The molecule has 0 bridgehead atoms. The molecule has 0 unspecified atom stereocenters. The fourth-order valence-corrected chi connectivity index (χ4v) is 3.44. The summed E-state index contributed by atoms with van der Waals surface area (Å²) in [6.45, 7) is 2.71. The van der Waals surface area contributed by atoms with Crippen LogP contribution >= 0.6 is 15.9 Å². The quantitative estimate of drug-likeness (QED) is 0.752. The lowest BCUT2D eigenvalue weighted by Gasteiger charge is -2.20. The number of nitrogens with zero attached hydrogens (tertiary/aromatic N) is 4. The molecular weight excluding hydrogens is 366 g/mol. The maximum atomic E-state index is 4.22. The molecule has 1 aliphatic heterocycles. The molecule has 0 amide bonds. The van der Waals surface area contributed by atoms with Crippen LogP contribution in [0.3, 0.4) is 0 Å². The first kappa shape index (κ1) is 15.5. The second-order valence-corrected chi connectivity index (χ2v) is 6.95. The van der Waals surface area contributed by atoms with E-state index in [9.17, 15) is 0 Å². The highest BCUT2D eigenvalue weighted by Crippen LogP contribution is 2.20. The standard InChI is InChI=1S/C18H18BrN5/c19-16-6-4-13(5-7-16)10-18-21-22-23-24(18)12-15-3-1-2-14-11-20-9-8-17(14)15/h1-7,20H,8-12H2. The zero-order valence-corrected chi connectivity index (χ0v) is 14.8.